The lowest BCUT2D eigenvalue weighted by Gasteiger charge is -2.04. The van der Waals surface area contributed by atoms with Crippen LogP contribution in [-0.4, -0.2) is 25.7 Å². The van der Waals surface area contributed by atoms with Gasteiger partial charge in [0.1, 0.15) is 0 Å². The van der Waals surface area contributed by atoms with Gasteiger partial charge in [-0.05, 0) is 6.08 Å². The zero-order valence-corrected chi connectivity index (χ0v) is 5.49. The van der Waals surface area contributed by atoms with Crippen LogP contribution in [0.1, 0.15) is 0 Å². The number of esters is 1. The SMILES string of the molecule is C=CC(O[C]=O)C(=O)OC. The molecule has 0 saturated carbocycles. The van der Waals surface area contributed by atoms with E-state index in [4.69, 9.17) is 0 Å². The molecule has 0 rings (SSSR count). The Bertz CT molecular complexity index is 141. The van der Waals surface area contributed by atoms with Crippen LogP contribution in [0, 0.1) is 0 Å². The molecule has 4 heteroatoms. The van der Waals surface area contributed by atoms with Crippen molar-refractivity contribution in [3.05, 3.63) is 12.7 Å². The van der Waals surface area contributed by atoms with E-state index in [0.717, 1.165) is 12.5 Å². The van der Waals surface area contributed by atoms with Crippen molar-refractivity contribution in [1.82, 2.24) is 0 Å². The van der Waals surface area contributed by atoms with Crippen molar-refractivity contribution in [3.8, 4) is 0 Å². The third-order valence-electron chi connectivity index (χ3n) is 0.823. The first-order chi connectivity index (χ1) is 4.76. The molecule has 0 aliphatic rings. The molecule has 55 valence electrons. The van der Waals surface area contributed by atoms with Crippen molar-refractivity contribution in [2.45, 2.75) is 6.10 Å². The van der Waals surface area contributed by atoms with Crippen LogP contribution in [0.5, 0.6) is 0 Å². The highest BCUT2D eigenvalue weighted by Gasteiger charge is 2.15. The molecule has 1 unspecified atom stereocenters. The molecule has 0 aliphatic heterocycles. The number of rotatable bonds is 4. The van der Waals surface area contributed by atoms with E-state index < -0.39 is 12.1 Å². The van der Waals surface area contributed by atoms with E-state index in [1.54, 1.807) is 0 Å². The maximum Gasteiger partial charge on any atom is 0.418 e. The molecule has 0 heterocycles. The lowest BCUT2D eigenvalue weighted by atomic mass is 10.4. The van der Waals surface area contributed by atoms with Gasteiger partial charge in [0.25, 0.3) is 0 Å². The summed E-state index contributed by atoms with van der Waals surface area (Å²) in [5, 5.41) is 0. The van der Waals surface area contributed by atoms with E-state index in [2.05, 4.69) is 16.1 Å². The van der Waals surface area contributed by atoms with Gasteiger partial charge in [0, 0.05) is 0 Å². The molecular weight excluding hydrogens is 136 g/mol. The summed E-state index contributed by atoms with van der Waals surface area (Å²) in [7, 11) is 1.19. The predicted molar refractivity (Wildman–Crippen MR) is 32.8 cm³/mol. The molecule has 0 spiro atoms. The topological polar surface area (TPSA) is 52.6 Å². The second-order valence-corrected chi connectivity index (χ2v) is 1.38. The molecule has 0 bridgehead atoms. The van der Waals surface area contributed by atoms with Gasteiger partial charge in [0.2, 0.25) is 6.10 Å². The highest BCUT2D eigenvalue weighted by molar-refractivity contribution is 5.77. The van der Waals surface area contributed by atoms with Crippen LogP contribution in [0.2, 0.25) is 0 Å². The summed E-state index contributed by atoms with van der Waals surface area (Å²) in [5.41, 5.74) is 0. The Morgan fingerprint density at radius 2 is 2.40 bits per heavy atom. The van der Waals surface area contributed by atoms with E-state index in [0.29, 0.717) is 0 Å². The average Bonchev–Trinajstić information content (AvgIpc) is 1.99. The number of carbonyl (C=O) groups is 1. The van der Waals surface area contributed by atoms with Crippen LogP contribution in [-0.2, 0) is 19.1 Å². The first-order valence-corrected chi connectivity index (χ1v) is 2.49. The molecule has 1 atom stereocenters. The summed E-state index contributed by atoms with van der Waals surface area (Å²) in [5.74, 6) is -0.668. The summed E-state index contributed by atoms with van der Waals surface area (Å²) in [6.45, 7) is 4.36. The molecule has 0 aliphatic carbocycles. The highest BCUT2D eigenvalue weighted by Crippen LogP contribution is 1.92. The van der Waals surface area contributed by atoms with E-state index in [-0.39, 0.29) is 0 Å². The minimum atomic E-state index is -1.04. The Labute approximate surface area is 58.4 Å². The molecule has 0 aromatic heterocycles. The van der Waals surface area contributed by atoms with Crippen molar-refractivity contribution in [2.24, 2.45) is 0 Å². The Morgan fingerprint density at radius 3 is 2.70 bits per heavy atom. The van der Waals surface area contributed by atoms with E-state index in [9.17, 15) is 9.59 Å². The van der Waals surface area contributed by atoms with Gasteiger partial charge < -0.3 is 9.47 Å². The van der Waals surface area contributed by atoms with Crippen molar-refractivity contribution >= 4 is 12.4 Å². The van der Waals surface area contributed by atoms with E-state index in [1.807, 2.05) is 0 Å². The smallest absolute Gasteiger partial charge is 0.418 e. The molecular formula is C6H7O4. The third-order valence-corrected chi connectivity index (χ3v) is 0.823. The number of ether oxygens (including phenoxy) is 2. The lowest BCUT2D eigenvalue weighted by molar-refractivity contribution is -0.147. The summed E-state index contributed by atoms with van der Waals surface area (Å²) < 4.78 is 8.39. The van der Waals surface area contributed by atoms with Crippen LogP contribution >= 0.6 is 0 Å². The first kappa shape index (κ1) is 8.68. The maximum absolute atomic E-state index is 10.5. The highest BCUT2D eigenvalue weighted by atomic mass is 16.6. The molecule has 0 saturated heterocycles. The number of hydrogen-bond acceptors (Lipinski definition) is 4. The molecule has 0 fully saturated rings. The normalized spacial score (nSPS) is 11.3. The zero-order valence-electron chi connectivity index (χ0n) is 5.49. The molecule has 0 aromatic carbocycles. The standard InChI is InChI=1S/C6H7O4/c1-3-5(10-4-7)6(8)9-2/h3,5H,1H2,2H3. The second kappa shape index (κ2) is 4.55. The minimum Gasteiger partial charge on any atom is -0.466 e. The predicted octanol–water partition coefficient (Wildman–Crippen LogP) is -0.202. The molecule has 0 aromatic rings. The first-order valence-electron chi connectivity index (χ1n) is 2.49. The lowest BCUT2D eigenvalue weighted by Crippen LogP contribution is -2.22. The fourth-order valence-electron chi connectivity index (χ4n) is 0.360. The number of methoxy groups -OCH3 is 1. The van der Waals surface area contributed by atoms with Crippen LogP contribution in [0.3, 0.4) is 0 Å². The van der Waals surface area contributed by atoms with Gasteiger partial charge in [-0.15, -0.1) is 0 Å². The largest absolute Gasteiger partial charge is 0.466 e. The van der Waals surface area contributed by atoms with Gasteiger partial charge in [-0.1, -0.05) is 6.58 Å². The average molecular weight is 143 g/mol. The van der Waals surface area contributed by atoms with Crippen LogP contribution in [0.25, 0.3) is 0 Å². The summed E-state index contributed by atoms with van der Waals surface area (Å²) in [6.07, 6.45) is 0.110. The Kier molecular flexibility index (Phi) is 3.95. The fourth-order valence-corrected chi connectivity index (χ4v) is 0.360. The van der Waals surface area contributed by atoms with Gasteiger partial charge in [-0.3, -0.25) is 0 Å². The quantitative estimate of drug-likeness (QED) is 0.404. The van der Waals surface area contributed by atoms with Crippen LogP contribution < -0.4 is 0 Å². The molecule has 4 nitrogen and oxygen atoms in total. The van der Waals surface area contributed by atoms with Crippen molar-refractivity contribution in [1.29, 1.82) is 0 Å². The van der Waals surface area contributed by atoms with Crippen LogP contribution in [0.4, 0.5) is 0 Å². The summed E-state index contributed by atoms with van der Waals surface area (Å²) in [6, 6.07) is 0. The van der Waals surface area contributed by atoms with Gasteiger partial charge in [0.15, 0.2) is 0 Å². The van der Waals surface area contributed by atoms with Crippen molar-refractivity contribution < 1.29 is 19.1 Å². The zero-order chi connectivity index (χ0) is 7.98. The van der Waals surface area contributed by atoms with Gasteiger partial charge in [-0.25, -0.2) is 9.59 Å². The Morgan fingerprint density at radius 1 is 1.80 bits per heavy atom. The Hall–Kier alpha value is -1.32. The number of hydrogen-bond donors (Lipinski definition) is 0. The Balaban J connectivity index is 3.91. The number of carbonyl (C=O) groups excluding carboxylic acids is 2. The summed E-state index contributed by atoms with van der Waals surface area (Å²) in [4.78, 5) is 20.1. The third kappa shape index (κ3) is 2.30. The van der Waals surface area contributed by atoms with Crippen LogP contribution in [0.15, 0.2) is 12.7 Å². The molecule has 10 heavy (non-hydrogen) atoms. The van der Waals surface area contributed by atoms with Gasteiger partial charge in [0.05, 0.1) is 7.11 Å². The van der Waals surface area contributed by atoms with E-state index in [1.165, 1.54) is 7.11 Å². The molecule has 0 amide bonds. The monoisotopic (exact) mass is 143 g/mol. The van der Waals surface area contributed by atoms with Crippen molar-refractivity contribution in [3.63, 3.8) is 0 Å². The maximum atomic E-state index is 10.5. The fraction of sp³-hybridized carbons (Fsp3) is 0.333. The molecule has 1 radical (unpaired) electrons. The van der Waals surface area contributed by atoms with E-state index >= 15 is 0 Å². The van der Waals surface area contributed by atoms with Gasteiger partial charge >= 0.3 is 12.4 Å². The second-order valence-electron chi connectivity index (χ2n) is 1.38. The summed E-state index contributed by atoms with van der Waals surface area (Å²) >= 11 is 0. The van der Waals surface area contributed by atoms with Crippen molar-refractivity contribution in [2.75, 3.05) is 7.11 Å². The van der Waals surface area contributed by atoms with Gasteiger partial charge in [-0.2, -0.15) is 0 Å². The molecule has 0 N–H and O–H groups in total. The minimum absolute atomic E-state index is 0.668.